The van der Waals surface area contributed by atoms with Crippen LogP contribution in [0.3, 0.4) is 0 Å². The maximum atomic E-state index is 13.2. The molecule has 4 heterocycles. The number of ether oxygens (including phenoxy) is 2. The van der Waals surface area contributed by atoms with Gasteiger partial charge < -0.3 is 19.3 Å². The second-order valence-electron chi connectivity index (χ2n) is 14.1. The van der Waals surface area contributed by atoms with Crippen LogP contribution in [0, 0.1) is 5.92 Å². The molecule has 2 saturated carbocycles. The average molecular weight is 656 g/mol. The third-order valence-corrected chi connectivity index (χ3v) is 12.3. The predicted molar refractivity (Wildman–Crippen MR) is 174 cm³/mol. The van der Waals surface area contributed by atoms with E-state index >= 15 is 0 Å². The lowest BCUT2D eigenvalue weighted by Gasteiger charge is -2.36. The van der Waals surface area contributed by atoms with Crippen LogP contribution in [0.25, 0.3) is 10.8 Å². The summed E-state index contributed by atoms with van der Waals surface area (Å²) in [7, 11) is -3.12. The number of rotatable bonds is 9. The highest BCUT2D eigenvalue weighted by atomic mass is 32.2. The van der Waals surface area contributed by atoms with Crippen LogP contribution in [0.1, 0.15) is 101 Å². The fourth-order valence-corrected chi connectivity index (χ4v) is 7.72. The number of hydrogen-bond acceptors (Lipinski definition) is 11. The summed E-state index contributed by atoms with van der Waals surface area (Å²) in [6.07, 6.45) is 7.33. The number of nitrogens with zero attached hydrogens (tertiary/aromatic N) is 3. The van der Waals surface area contributed by atoms with Gasteiger partial charge in [-0.1, -0.05) is 6.92 Å². The van der Waals surface area contributed by atoms with Crippen LogP contribution in [-0.2, 0) is 25.9 Å². The van der Waals surface area contributed by atoms with E-state index in [1.165, 1.54) is 6.26 Å². The van der Waals surface area contributed by atoms with Gasteiger partial charge in [-0.15, -0.1) is 4.72 Å². The number of pyridine rings is 3. The molecule has 0 amide bonds. The Morgan fingerprint density at radius 3 is 2.47 bits per heavy atom. The first kappa shape index (κ1) is 32.0. The van der Waals surface area contributed by atoms with Gasteiger partial charge >= 0.3 is 5.97 Å². The van der Waals surface area contributed by atoms with Crippen molar-refractivity contribution < 1.29 is 27.2 Å². The molecule has 3 aliphatic rings. The van der Waals surface area contributed by atoms with Crippen molar-refractivity contribution in [3.63, 3.8) is 0 Å². The summed E-state index contributed by atoms with van der Waals surface area (Å²) in [6, 6.07) is 5.17. The summed E-state index contributed by atoms with van der Waals surface area (Å²) in [6.45, 7) is 11.6. The van der Waals surface area contributed by atoms with Crippen molar-refractivity contribution in [3.8, 4) is 5.88 Å². The van der Waals surface area contributed by atoms with Crippen LogP contribution >= 0.6 is 0 Å². The first-order valence-corrected chi connectivity index (χ1v) is 18.4. The summed E-state index contributed by atoms with van der Waals surface area (Å²) in [5.74, 6) is 1.27. The summed E-state index contributed by atoms with van der Waals surface area (Å²) in [4.78, 5) is 26.7. The van der Waals surface area contributed by atoms with Crippen LogP contribution in [0.15, 0.2) is 30.6 Å². The van der Waals surface area contributed by atoms with E-state index in [0.29, 0.717) is 52.9 Å². The van der Waals surface area contributed by atoms with Gasteiger partial charge in [-0.25, -0.2) is 28.2 Å². The van der Waals surface area contributed by atoms with Crippen molar-refractivity contribution in [1.29, 1.82) is 0 Å². The summed E-state index contributed by atoms with van der Waals surface area (Å²) < 4.78 is 51.9. The van der Waals surface area contributed by atoms with Gasteiger partial charge in [-0.3, -0.25) is 0 Å². The number of aromatic nitrogens is 3. The zero-order chi connectivity index (χ0) is 32.5. The fraction of sp³-hybridized carbons (Fsp3) is 0.562. The Morgan fingerprint density at radius 2 is 1.82 bits per heavy atom. The highest BCUT2D eigenvalue weighted by Crippen LogP contribution is 2.45. The van der Waals surface area contributed by atoms with E-state index in [1.807, 2.05) is 47.6 Å². The number of fused-ring (bicyclic) bond motifs is 2. The van der Waals surface area contributed by atoms with Gasteiger partial charge in [0, 0.05) is 54.3 Å². The van der Waals surface area contributed by atoms with E-state index in [2.05, 4.69) is 20.0 Å². The summed E-state index contributed by atoms with van der Waals surface area (Å²) >= 11 is -1.31. The normalized spacial score (nSPS) is 24.3. The monoisotopic (exact) mass is 655 g/mol. The van der Waals surface area contributed by atoms with Gasteiger partial charge in [0.05, 0.1) is 27.9 Å². The number of nitrogens with one attached hydrogen (secondary N) is 2. The lowest BCUT2D eigenvalue weighted by Crippen LogP contribution is -2.42. The molecule has 0 radical (unpaired) electrons. The van der Waals surface area contributed by atoms with Crippen molar-refractivity contribution in [1.82, 2.24) is 19.7 Å². The van der Waals surface area contributed by atoms with Crippen LogP contribution in [0.5, 0.6) is 5.88 Å². The Hall–Kier alpha value is -3.00. The molecule has 2 fully saturated rings. The third kappa shape index (κ3) is 6.49. The molecule has 13 heteroatoms. The second-order valence-corrected chi connectivity index (χ2v) is 18.4. The van der Waals surface area contributed by atoms with Gasteiger partial charge in [-0.05, 0) is 77.0 Å². The molecule has 3 aromatic heterocycles. The van der Waals surface area contributed by atoms with E-state index in [4.69, 9.17) is 14.5 Å². The summed E-state index contributed by atoms with van der Waals surface area (Å²) in [5.41, 5.74) is 1.32. The van der Waals surface area contributed by atoms with Gasteiger partial charge in [-0.2, -0.15) is 0 Å². The molecular weight excluding hydrogens is 615 g/mol. The number of carbonyl (C=O) groups is 1. The third-order valence-electron chi connectivity index (χ3n) is 9.13. The zero-order valence-electron chi connectivity index (χ0n) is 26.7. The Balaban J connectivity index is 1.36. The lowest BCUT2D eigenvalue weighted by molar-refractivity contribution is -0.0189. The van der Waals surface area contributed by atoms with Crippen LogP contribution in [0.2, 0.25) is 0 Å². The van der Waals surface area contributed by atoms with Gasteiger partial charge in [0.2, 0.25) is 5.88 Å². The minimum atomic E-state index is -3.12. The number of sulfone groups is 1. The maximum absolute atomic E-state index is 13.2. The molecule has 0 unspecified atom stereocenters. The van der Waals surface area contributed by atoms with Gasteiger partial charge in [0.15, 0.2) is 9.84 Å². The summed E-state index contributed by atoms with van der Waals surface area (Å²) in [5, 5.41) is 4.42. The van der Waals surface area contributed by atoms with Crippen molar-refractivity contribution in [2.75, 3.05) is 11.6 Å². The van der Waals surface area contributed by atoms with Crippen LogP contribution in [0.4, 0.5) is 11.6 Å². The van der Waals surface area contributed by atoms with E-state index in [1.54, 1.807) is 24.5 Å². The number of carbonyl (C=O) groups excluding carboxylic acids is 1. The van der Waals surface area contributed by atoms with E-state index in [-0.39, 0.29) is 24.0 Å². The zero-order valence-corrected chi connectivity index (χ0v) is 28.3. The highest BCUT2D eigenvalue weighted by Gasteiger charge is 2.42. The molecular formula is C32H41N5O6S2. The van der Waals surface area contributed by atoms with Crippen LogP contribution < -0.4 is 14.8 Å². The van der Waals surface area contributed by atoms with E-state index in [0.717, 1.165) is 23.8 Å². The average Bonchev–Trinajstić information content (AvgIpc) is 3.76. The molecule has 6 rings (SSSR count). The number of esters is 1. The fourth-order valence-electron chi connectivity index (χ4n) is 5.69. The van der Waals surface area contributed by atoms with Crippen molar-refractivity contribution in [3.05, 3.63) is 47.4 Å². The first-order chi connectivity index (χ1) is 21.0. The van der Waals surface area contributed by atoms with Crippen molar-refractivity contribution >= 4 is 49.6 Å². The standard InChI is InChI=1S/C32H41N5O6S2/c1-17-27-21(30(38)43-32(17,5)6)10-11-25(36-27)35-26-14-22-23(28(18-8-9-18)37-44(39)31(2,3)4)15-34-29(24(22)16-33-26)42-19-12-20(13-19)45(7,40)41/h10-11,14-20,28,37H,8-9,12-13H2,1-7H3,(H,33,35,36)/t17-,19-,20+,28-,44+/m1/s1. The molecule has 2 N–H and O–H groups in total. The van der Waals surface area contributed by atoms with Crippen molar-refractivity contribution in [2.24, 2.45) is 5.92 Å². The predicted octanol–water partition coefficient (Wildman–Crippen LogP) is 5.28. The van der Waals surface area contributed by atoms with E-state index < -0.39 is 36.8 Å². The molecule has 11 nitrogen and oxygen atoms in total. The molecule has 3 aromatic rings. The quantitative estimate of drug-likeness (QED) is 0.229. The number of anilines is 2. The Labute approximate surface area is 267 Å². The molecule has 1 aliphatic heterocycles. The number of hydrogen-bond donors (Lipinski definition) is 2. The van der Waals surface area contributed by atoms with Crippen molar-refractivity contribution in [2.45, 2.75) is 101 Å². The first-order valence-electron chi connectivity index (χ1n) is 15.3. The molecule has 2 aliphatic carbocycles. The molecule has 45 heavy (non-hydrogen) atoms. The Kier molecular flexibility index (Phi) is 8.07. The highest BCUT2D eigenvalue weighted by molar-refractivity contribution is 7.91. The molecule has 3 atom stereocenters. The van der Waals surface area contributed by atoms with Crippen LogP contribution in [-0.4, -0.2) is 61.8 Å². The topological polar surface area (TPSA) is 155 Å². The molecule has 0 bridgehead atoms. The van der Waals surface area contributed by atoms with E-state index in [9.17, 15) is 17.8 Å². The Bertz CT molecular complexity index is 1750. The smallest absolute Gasteiger partial charge is 0.340 e. The molecule has 0 saturated heterocycles. The molecule has 0 spiro atoms. The van der Waals surface area contributed by atoms with Gasteiger partial charge in [0.25, 0.3) is 0 Å². The lowest BCUT2D eigenvalue weighted by atomic mass is 9.84. The minimum absolute atomic E-state index is 0.114. The SMILES string of the molecule is C[C@@H]1c2nc(Nc3cc4c([C@H](N[S@@+]([O-])C(C)(C)C)C5CC5)cnc(O[C@H]5C[C@@H](S(C)(=O)=O)C5)c4cn3)ccc2C(=O)OC1(C)C. The minimum Gasteiger partial charge on any atom is -0.598 e. The van der Waals surface area contributed by atoms with Gasteiger partial charge in [0.1, 0.15) is 28.1 Å². The molecule has 0 aromatic carbocycles. The largest absolute Gasteiger partial charge is 0.598 e. The molecule has 242 valence electrons. The maximum Gasteiger partial charge on any atom is 0.340 e. The number of cyclic esters (lactones) is 1. The Morgan fingerprint density at radius 1 is 1.11 bits per heavy atom. The second kappa shape index (κ2) is 11.4.